The molecule has 4 nitrogen and oxygen atoms in total. The molecule has 4 aromatic rings. The Labute approximate surface area is 534 Å². The Hall–Kier alpha value is -6.97. The molecule has 0 spiro atoms. The molecule has 14 bridgehead atoms. The van der Waals surface area contributed by atoms with Crippen LogP contribution in [0, 0.1) is 116 Å². The standard InChI is InChI=1S/C80H88O4Si4/c1-73(2,3)85(13,14)81-57-77-53-70-46-42-66-38-26-34-62(50-66)30-23-24-32-64-36-28-40-68(52-64)44-48-72-56-79(59-83-87(17,18)75(7,8)9)71(55-80(72,79)60-84-88(19,20)76(10,11)12)47-43-67-39-27-35-63(51-67)31-22-21-29-61-33-25-37-65(49-61)41-45-69(77)54-78(70,77)58-82-86(15,16)74(4,5)6/h25-28,33-40,49-56H,57-60H2,1-20H3/t77-,78+,79-,80+. The van der Waals surface area contributed by atoms with Gasteiger partial charge in [0.25, 0.3) is 0 Å². The third-order valence-electron chi connectivity index (χ3n) is 20.7. The maximum atomic E-state index is 7.17. The topological polar surface area (TPSA) is 36.9 Å². The minimum Gasteiger partial charge on any atom is -0.416 e. The second kappa shape index (κ2) is 23.8. The number of rotatable bonds is 12. The number of hydrogen-bond acceptors (Lipinski definition) is 4. The second-order valence-electron chi connectivity index (χ2n) is 30.6. The van der Waals surface area contributed by atoms with E-state index < -0.39 is 54.9 Å². The largest absolute Gasteiger partial charge is 0.416 e. The van der Waals surface area contributed by atoms with Crippen LogP contribution in [0.2, 0.25) is 72.5 Å². The SMILES string of the molecule is CC(C)(C)[Si](C)(C)OC[C@@]12C=C3C#Cc4cccc(c4)C#CC#Cc4cccc(c4)C#CC4=C[C@]5(CO[Si](C)(C)C(C)(C)C)C(=C[C@@]45CO[Si](C)(C)C(C)(C)C)C#Cc4cccc(c4)C#CC#Cc4cccc(c4)C#CC1=C[C@@]32CO[Si](C)(C)C(C)(C)C. The van der Waals surface area contributed by atoms with E-state index in [4.69, 9.17) is 17.7 Å². The molecule has 8 heteroatoms. The molecular weight excluding hydrogens is 1140 g/mol. The van der Waals surface area contributed by atoms with Crippen LogP contribution in [0.4, 0.5) is 0 Å². The van der Waals surface area contributed by atoms with Gasteiger partial charge in [-0.25, -0.2) is 0 Å². The summed E-state index contributed by atoms with van der Waals surface area (Å²) in [4.78, 5) is 0. The summed E-state index contributed by atoms with van der Waals surface area (Å²) in [6.45, 7) is 48.0. The molecule has 0 N–H and O–H groups in total. The number of hydrogen-bond donors (Lipinski definition) is 0. The molecule has 0 radical (unpaired) electrons. The summed E-state index contributed by atoms with van der Waals surface area (Å²) >= 11 is 0. The van der Waals surface area contributed by atoms with Gasteiger partial charge in [-0.3, -0.25) is 0 Å². The Morgan fingerprint density at radius 1 is 0.273 bits per heavy atom. The summed E-state index contributed by atoms with van der Waals surface area (Å²) in [6.07, 6.45) is 9.26. The Morgan fingerprint density at radius 2 is 0.443 bits per heavy atom. The van der Waals surface area contributed by atoms with Gasteiger partial charge in [-0.2, -0.15) is 0 Å². The van der Waals surface area contributed by atoms with E-state index in [2.05, 4.69) is 254 Å². The molecule has 0 saturated heterocycles. The molecule has 0 unspecified atom stereocenters. The van der Waals surface area contributed by atoms with E-state index in [9.17, 15) is 0 Å². The van der Waals surface area contributed by atoms with Gasteiger partial charge in [0.2, 0.25) is 0 Å². The highest BCUT2D eigenvalue weighted by Crippen LogP contribution is 2.70. The van der Waals surface area contributed by atoms with Crippen molar-refractivity contribution in [1.82, 2.24) is 0 Å². The normalized spacial score (nSPS) is 21.8. The molecular formula is C80H88O4Si4. The van der Waals surface area contributed by atoms with Crippen molar-refractivity contribution in [2.45, 2.75) is 156 Å². The summed E-state index contributed by atoms with van der Waals surface area (Å²) in [7, 11) is -8.79. The van der Waals surface area contributed by atoms with E-state index in [1.165, 1.54) is 0 Å². The van der Waals surface area contributed by atoms with Crippen molar-refractivity contribution in [3.63, 3.8) is 0 Å². The lowest BCUT2D eigenvalue weighted by molar-refractivity contribution is 0.0235. The molecule has 6 aliphatic carbocycles. The van der Waals surface area contributed by atoms with E-state index in [-0.39, 0.29) is 20.2 Å². The molecule has 0 amide bonds. The Kier molecular flexibility index (Phi) is 17.7. The lowest BCUT2D eigenvalue weighted by Crippen LogP contribution is -2.63. The molecule has 0 aromatic heterocycles. The Balaban J connectivity index is 1.13. The zero-order chi connectivity index (χ0) is 64.0. The summed E-state index contributed by atoms with van der Waals surface area (Å²) in [6, 6.07) is 32.3. The smallest absolute Gasteiger partial charge is 0.192 e. The fraction of sp³-hybridized carbons (Fsp3) is 0.400. The van der Waals surface area contributed by atoms with Crippen molar-refractivity contribution in [2.75, 3.05) is 26.4 Å². The van der Waals surface area contributed by atoms with Gasteiger partial charge in [-0.15, -0.1) is 0 Å². The van der Waals surface area contributed by atoms with Crippen molar-refractivity contribution >= 4 is 33.3 Å². The zero-order valence-corrected chi connectivity index (χ0v) is 60.0. The minimum absolute atomic E-state index is 0.0166. The highest BCUT2D eigenvalue weighted by molar-refractivity contribution is 6.75. The Bertz CT molecular complexity index is 3630. The maximum Gasteiger partial charge on any atom is 0.192 e. The predicted molar refractivity (Wildman–Crippen MR) is 375 cm³/mol. The van der Waals surface area contributed by atoms with Crippen molar-refractivity contribution < 1.29 is 17.7 Å². The molecule has 0 fully saturated rings. The van der Waals surface area contributed by atoms with Crippen LogP contribution in [0.5, 0.6) is 0 Å². The van der Waals surface area contributed by atoms with Gasteiger partial charge in [0.1, 0.15) is 0 Å². The zero-order valence-electron chi connectivity index (χ0n) is 56.0. The van der Waals surface area contributed by atoms with E-state index in [0.29, 0.717) is 26.4 Å². The van der Waals surface area contributed by atoms with Crippen molar-refractivity contribution in [2.24, 2.45) is 21.7 Å². The first-order valence-corrected chi connectivity index (χ1v) is 42.6. The predicted octanol–water partition coefficient (Wildman–Crippen LogP) is 17.4. The van der Waals surface area contributed by atoms with Gasteiger partial charge in [0.15, 0.2) is 33.3 Å². The second-order valence-corrected chi connectivity index (χ2v) is 49.9. The van der Waals surface area contributed by atoms with Crippen molar-refractivity contribution in [1.29, 1.82) is 0 Å². The van der Waals surface area contributed by atoms with Crippen LogP contribution < -0.4 is 0 Å². The van der Waals surface area contributed by atoms with E-state index in [1.54, 1.807) is 0 Å². The lowest BCUT2D eigenvalue weighted by atomic mass is 9.41. The lowest BCUT2D eigenvalue weighted by Gasteiger charge is -2.63. The highest BCUT2D eigenvalue weighted by atomic mass is 28.4. The van der Waals surface area contributed by atoms with E-state index >= 15 is 0 Å². The fourth-order valence-electron chi connectivity index (χ4n) is 10.3. The van der Waals surface area contributed by atoms with Crippen LogP contribution in [-0.2, 0) is 17.7 Å². The molecule has 4 atom stereocenters. The maximum absolute atomic E-state index is 7.17. The summed E-state index contributed by atoms with van der Waals surface area (Å²) < 4.78 is 28.7. The van der Waals surface area contributed by atoms with Crippen LogP contribution in [0.1, 0.15) is 128 Å². The highest BCUT2D eigenvalue weighted by Gasteiger charge is 2.69. The summed E-state index contributed by atoms with van der Waals surface area (Å²) in [5.74, 6) is 54.3. The summed E-state index contributed by atoms with van der Waals surface area (Å²) in [5.41, 5.74) is 8.90. The van der Waals surface area contributed by atoms with Gasteiger partial charge in [-0.05, 0) is 169 Å². The first-order chi connectivity index (χ1) is 41.0. The van der Waals surface area contributed by atoms with Gasteiger partial charge in [-0.1, -0.05) is 203 Å². The van der Waals surface area contributed by atoms with Crippen LogP contribution in [0.3, 0.4) is 0 Å². The average Bonchev–Trinajstić information content (AvgIpc) is 0.670. The monoisotopic (exact) mass is 1220 g/mol. The van der Waals surface area contributed by atoms with Crippen LogP contribution >= 0.6 is 0 Å². The number of fused-ring (bicyclic) bond motifs is 2. The molecule has 0 heterocycles. The van der Waals surface area contributed by atoms with Crippen LogP contribution in [0.25, 0.3) is 0 Å². The van der Waals surface area contributed by atoms with Gasteiger partial charge < -0.3 is 17.7 Å². The molecule has 4 aromatic carbocycles. The van der Waals surface area contributed by atoms with Gasteiger partial charge in [0, 0.05) is 93.2 Å². The molecule has 10 rings (SSSR count). The summed E-state index contributed by atoms with van der Waals surface area (Å²) in [5, 5.41) is 0.0665. The first-order valence-electron chi connectivity index (χ1n) is 31.0. The third kappa shape index (κ3) is 12.9. The van der Waals surface area contributed by atoms with Gasteiger partial charge >= 0.3 is 0 Å². The fourth-order valence-corrected chi connectivity index (χ4v) is 14.4. The molecule has 448 valence electrons. The van der Waals surface area contributed by atoms with Gasteiger partial charge in [0.05, 0.1) is 21.7 Å². The van der Waals surface area contributed by atoms with Crippen LogP contribution in [-0.4, -0.2) is 59.7 Å². The molecule has 0 aliphatic heterocycles. The average molecular weight is 1230 g/mol. The third-order valence-corrected chi connectivity index (χ3v) is 38.6. The molecule has 88 heavy (non-hydrogen) atoms. The molecule has 6 aliphatic rings. The Morgan fingerprint density at radius 3 is 0.614 bits per heavy atom. The quantitative estimate of drug-likeness (QED) is 0.105. The van der Waals surface area contributed by atoms with Crippen molar-refractivity contribution in [3.05, 3.63) is 188 Å². The first kappa shape index (κ1) is 65.5. The van der Waals surface area contributed by atoms with E-state index in [0.717, 1.165) is 66.8 Å². The van der Waals surface area contributed by atoms with Crippen molar-refractivity contribution in [3.8, 4) is 94.7 Å². The number of benzene rings is 4. The molecule has 0 saturated carbocycles. The van der Waals surface area contributed by atoms with Crippen LogP contribution in [0.15, 0.2) is 144 Å². The minimum atomic E-state index is -2.20. The van der Waals surface area contributed by atoms with E-state index in [1.807, 2.05) is 97.1 Å².